The summed E-state index contributed by atoms with van der Waals surface area (Å²) in [6, 6.07) is 13.9. The van der Waals surface area contributed by atoms with E-state index in [1.165, 1.54) is 0 Å². The van der Waals surface area contributed by atoms with Gasteiger partial charge in [-0.3, -0.25) is 14.5 Å². The average Bonchev–Trinajstić information content (AvgIpc) is 2.89. The second kappa shape index (κ2) is 16.4. The summed E-state index contributed by atoms with van der Waals surface area (Å²) in [5.41, 5.74) is 1.24. The molecule has 1 aliphatic heterocycles. The highest BCUT2D eigenvalue weighted by molar-refractivity contribution is 9.10. The first-order valence-electron chi connectivity index (χ1n) is 13.8. The third kappa shape index (κ3) is 10.5. The Balaban J connectivity index is 1.75. The number of nitrogens with one attached hydrogen (secondary N) is 2. The van der Waals surface area contributed by atoms with Gasteiger partial charge in [0.1, 0.15) is 6.04 Å². The molecule has 0 aliphatic carbocycles. The van der Waals surface area contributed by atoms with Gasteiger partial charge in [0, 0.05) is 37.2 Å². The Morgan fingerprint density at radius 1 is 1.08 bits per heavy atom. The van der Waals surface area contributed by atoms with Gasteiger partial charge in [-0.15, -0.1) is 0 Å². The van der Waals surface area contributed by atoms with Crippen molar-refractivity contribution >= 4 is 46.5 Å². The molecule has 1 fully saturated rings. The van der Waals surface area contributed by atoms with Gasteiger partial charge in [0.05, 0.1) is 16.5 Å². The third-order valence-electron chi connectivity index (χ3n) is 6.67. The van der Waals surface area contributed by atoms with Crippen molar-refractivity contribution in [2.75, 3.05) is 32.8 Å². The van der Waals surface area contributed by atoms with Crippen LogP contribution in [0, 0.1) is 5.92 Å². The van der Waals surface area contributed by atoms with E-state index in [1.807, 2.05) is 30.3 Å². The molecule has 2 aromatic carbocycles. The molecule has 3 rings (SSSR count). The van der Waals surface area contributed by atoms with E-state index in [9.17, 15) is 9.59 Å². The predicted molar refractivity (Wildman–Crippen MR) is 161 cm³/mol. The van der Waals surface area contributed by atoms with Gasteiger partial charge in [-0.1, -0.05) is 85.1 Å². The summed E-state index contributed by atoms with van der Waals surface area (Å²) in [4.78, 5) is 29.3. The van der Waals surface area contributed by atoms with Crippen molar-refractivity contribution in [2.45, 2.75) is 58.4 Å². The maximum atomic E-state index is 13.7. The van der Waals surface area contributed by atoms with E-state index < -0.39 is 19.1 Å². The predicted octanol–water partition coefficient (Wildman–Crippen LogP) is 5.15. The van der Waals surface area contributed by atoms with Crippen molar-refractivity contribution in [3.05, 3.63) is 69.2 Å². The maximum Gasteiger partial charge on any atom is 0.480 e. The first kappa shape index (κ1) is 31.6. The summed E-state index contributed by atoms with van der Waals surface area (Å²) in [6.07, 6.45) is 3.31. The van der Waals surface area contributed by atoms with Crippen molar-refractivity contribution in [1.29, 1.82) is 0 Å². The van der Waals surface area contributed by atoms with Crippen LogP contribution in [0.5, 0.6) is 0 Å². The molecule has 0 aromatic heterocycles. The zero-order valence-electron chi connectivity index (χ0n) is 23.1. The minimum Gasteiger partial charge on any atom is -0.408 e. The summed E-state index contributed by atoms with van der Waals surface area (Å²) in [6.45, 7) is 10.2. The molecule has 2 aromatic rings. The quantitative estimate of drug-likeness (QED) is 0.321. The fraction of sp³-hybridized carbons (Fsp3) is 0.517. The highest BCUT2D eigenvalue weighted by Crippen LogP contribution is 2.21. The van der Waals surface area contributed by atoms with Gasteiger partial charge in [-0.2, -0.15) is 0 Å². The molecule has 0 radical (unpaired) electrons. The Hall–Kier alpha value is -1.91. The number of nitrogens with zero attached hydrogens (tertiary/aromatic N) is 1. The number of carbonyl (C=O) groups is 2. The molecule has 10 heteroatoms. The number of carbonyl (C=O) groups excluding carboxylic acids is 2. The minimum atomic E-state index is -0.817. The maximum absolute atomic E-state index is 13.7. The van der Waals surface area contributed by atoms with Crippen LogP contribution < -0.4 is 10.6 Å². The minimum absolute atomic E-state index is 0.289. The second-order valence-electron chi connectivity index (χ2n) is 10.4. The molecular weight excluding hydrogens is 581 g/mol. The fourth-order valence-electron chi connectivity index (χ4n) is 4.59. The summed E-state index contributed by atoms with van der Waals surface area (Å²) >= 11 is 9.70. The van der Waals surface area contributed by atoms with Crippen LogP contribution in [0.2, 0.25) is 5.02 Å². The fourth-order valence-corrected chi connectivity index (χ4v) is 5.15. The first-order chi connectivity index (χ1) is 18.8. The molecule has 0 saturated carbocycles. The lowest BCUT2D eigenvalue weighted by Crippen LogP contribution is -2.57. The molecule has 39 heavy (non-hydrogen) atoms. The zero-order valence-corrected chi connectivity index (χ0v) is 25.5. The summed E-state index contributed by atoms with van der Waals surface area (Å²) < 4.78 is 13.0. The number of unbranched alkanes of at least 4 members (excludes halogenated alkanes) is 1. The lowest BCUT2D eigenvalue weighted by atomic mass is 9.73. The SMILES string of the molecule is CCCCN1CCOB([C@H](CC(C)C)NC(=O)[C@H](Cc2ccccc2)NC(=O)c2cc(Br)ccc2Cl)OCC1. The average molecular weight is 621 g/mol. The highest BCUT2D eigenvalue weighted by atomic mass is 79.9. The van der Waals surface area contributed by atoms with E-state index in [0.717, 1.165) is 42.5 Å². The molecule has 0 spiro atoms. The Morgan fingerprint density at radius 2 is 1.77 bits per heavy atom. The van der Waals surface area contributed by atoms with Gasteiger partial charge in [0.2, 0.25) is 5.91 Å². The van der Waals surface area contributed by atoms with Crippen LogP contribution in [0.25, 0.3) is 0 Å². The van der Waals surface area contributed by atoms with Crippen LogP contribution in [0.4, 0.5) is 0 Å². The van der Waals surface area contributed by atoms with E-state index in [-0.39, 0.29) is 11.8 Å². The van der Waals surface area contributed by atoms with Crippen molar-refractivity contribution in [3.8, 4) is 0 Å². The summed E-state index contributed by atoms with van der Waals surface area (Å²) in [5.74, 6) is -0.757. The van der Waals surface area contributed by atoms with Gasteiger partial charge in [0.25, 0.3) is 5.91 Å². The number of hydrogen-bond donors (Lipinski definition) is 2. The normalized spacial score (nSPS) is 16.3. The Morgan fingerprint density at radius 3 is 2.41 bits per heavy atom. The first-order valence-corrected chi connectivity index (χ1v) is 15.0. The number of halogens is 2. The van der Waals surface area contributed by atoms with Crippen molar-refractivity contribution < 1.29 is 18.9 Å². The van der Waals surface area contributed by atoms with E-state index in [4.69, 9.17) is 20.9 Å². The highest BCUT2D eigenvalue weighted by Gasteiger charge is 2.35. The van der Waals surface area contributed by atoms with Gasteiger partial charge in [0.15, 0.2) is 0 Å². The van der Waals surface area contributed by atoms with Gasteiger partial charge in [-0.05, 0) is 49.1 Å². The van der Waals surface area contributed by atoms with E-state index in [1.54, 1.807) is 18.2 Å². The van der Waals surface area contributed by atoms with Crippen LogP contribution in [-0.2, 0) is 20.5 Å². The van der Waals surface area contributed by atoms with Gasteiger partial charge in [-0.25, -0.2) is 0 Å². The lowest BCUT2D eigenvalue weighted by Gasteiger charge is -2.32. The van der Waals surface area contributed by atoms with Crippen LogP contribution in [0.3, 0.4) is 0 Å². The van der Waals surface area contributed by atoms with E-state index >= 15 is 0 Å². The molecule has 1 heterocycles. The molecule has 7 nitrogen and oxygen atoms in total. The van der Waals surface area contributed by atoms with Crippen LogP contribution >= 0.6 is 27.5 Å². The Bertz CT molecular complexity index is 1050. The van der Waals surface area contributed by atoms with E-state index in [2.05, 4.69) is 52.2 Å². The third-order valence-corrected chi connectivity index (χ3v) is 7.49. The molecule has 2 amide bonds. The number of hydrogen-bond acceptors (Lipinski definition) is 5. The molecule has 2 atom stereocenters. The number of amides is 2. The largest absolute Gasteiger partial charge is 0.480 e. The van der Waals surface area contributed by atoms with Gasteiger partial charge >= 0.3 is 7.12 Å². The smallest absolute Gasteiger partial charge is 0.408 e. The molecule has 2 N–H and O–H groups in total. The monoisotopic (exact) mass is 619 g/mol. The summed E-state index contributed by atoms with van der Waals surface area (Å²) in [5, 5.41) is 6.39. The molecule has 1 aliphatic rings. The number of rotatable bonds is 12. The Kier molecular flexibility index (Phi) is 13.3. The summed E-state index contributed by atoms with van der Waals surface area (Å²) in [7, 11) is -0.558. The lowest BCUT2D eigenvalue weighted by molar-refractivity contribution is -0.123. The van der Waals surface area contributed by atoms with Crippen molar-refractivity contribution in [2.24, 2.45) is 5.92 Å². The van der Waals surface area contributed by atoms with Crippen LogP contribution in [0.15, 0.2) is 53.0 Å². The van der Waals surface area contributed by atoms with Gasteiger partial charge < -0.3 is 19.9 Å². The standard InChI is InChI=1S/C29H40BBrClN3O4/c1-4-5-13-35-14-16-38-30(39-17-15-35)27(18-21(2)3)34-29(37)26(19-22-9-7-6-8-10-22)33-28(36)24-20-23(31)11-12-25(24)32/h6-12,20-21,26-27H,4-5,13-19H2,1-3H3,(H,33,36)(H,34,37)/t26-,27-/m0/s1. The molecular formula is C29H40BBrClN3O4. The zero-order chi connectivity index (χ0) is 28.2. The molecule has 1 saturated heterocycles. The van der Waals surface area contributed by atoms with Crippen molar-refractivity contribution in [3.63, 3.8) is 0 Å². The number of benzene rings is 2. The topological polar surface area (TPSA) is 79.9 Å². The molecule has 0 bridgehead atoms. The van der Waals surface area contributed by atoms with Crippen molar-refractivity contribution in [1.82, 2.24) is 15.5 Å². The van der Waals surface area contributed by atoms with Crippen LogP contribution in [-0.4, -0.2) is 68.7 Å². The Labute approximate surface area is 246 Å². The molecule has 212 valence electrons. The van der Waals surface area contributed by atoms with E-state index in [0.29, 0.717) is 42.6 Å². The van der Waals surface area contributed by atoms with Crippen LogP contribution in [0.1, 0.15) is 56.0 Å². The second-order valence-corrected chi connectivity index (χ2v) is 11.7. The molecule has 0 unspecified atom stereocenters.